The molecule has 1 aliphatic heterocycles. The number of hydrazone groups is 3. The molecule has 1 aliphatic rings. The molecule has 98 heavy (non-hydrogen) atoms. The van der Waals surface area contributed by atoms with Gasteiger partial charge in [0, 0.05) is 83.2 Å². The molecule has 500 valence electrons. The smallest absolute Gasteiger partial charge is 0.269 e. The number of hydrogen-bond donors (Lipinski definition) is 8. The number of unbranched alkanes of at least 4 members (excludes halogenated alkanes) is 2. The van der Waals surface area contributed by atoms with E-state index in [-0.39, 0.29) is 5.69 Å². The maximum Gasteiger partial charge on any atom is 0.269 e. The van der Waals surface area contributed by atoms with Gasteiger partial charge in [-0.2, -0.15) is 60.2 Å². The van der Waals surface area contributed by atoms with Crippen molar-refractivity contribution in [2.45, 2.75) is 67.2 Å². The number of aromatic amines is 1. The normalized spacial score (nSPS) is 12.0. The summed E-state index contributed by atoms with van der Waals surface area (Å²) >= 11 is 0. The van der Waals surface area contributed by atoms with Gasteiger partial charge in [-0.25, -0.2) is 16.3 Å². The lowest BCUT2D eigenvalue weighted by Gasteiger charge is -2.27. The molecule has 0 saturated carbocycles. The van der Waals surface area contributed by atoms with E-state index in [0.29, 0.717) is 72.4 Å². The van der Waals surface area contributed by atoms with Gasteiger partial charge in [0.15, 0.2) is 0 Å². The van der Waals surface area contributed by atoms with Gasteiger partial charge >= 0.3 is 0 Å². The van der Waals surface area contributed by atoms with Gasteiger partial charge in [-0.15, -0.1) is 0 Å². The fourth-order valence-corrected chi connectivity index (χ4v) is 9.85. The summed E-state index contributed by atoms with van der Waals surface area (Å²) in [5.74, 6) is 3.75. The van der Waals surface area contributed by atoms with Crippen LogP contribution in [0.1, 0.15) is 78.6 Å². The third-order valence-electron chi connectivity index (χ3n) is 15.0. The van der Waals surface area contributed by atoms with Crippen LogP contribution < -0.4 is 47.3 Å². The molecule has 0 atom stereocenters. The fourth-order valence-electron chi connectivity index (χ4n) is 9.85. The van der Waals surface area contributed by atoms with Crippen molar-refractivity contribution in [2.75, 3.05) is 86.7 Å². The monoisotopic (exact) mass is 1310 g/mol. The highest BCUT2D eigenvalue weighted by Crippen LogP contribution is 2.26. The second-order valence-corrected chi connectivity index (χ2v) is 22.7. The Hall–Kier alpha value is -12.3. The molecule has 0 aliphatic carbocycles. The average Bonchev–Trinajstić information content (AvgIpc) is 1.57. The second-order valence-electron chi connectivity index (χ2n) is 22.7. The molecule has 0 radical (unpaired) electrons. The molecule has 1 saturated heterocycles. The van der Waals surface area contributed by atoms with Crippen LogP contribution in [0.3, 0.4) is 0 Å². The predicted molar refractivity (Wildman–Crippen MR) is 394 cm³/mol. The van der Waals surface area contributed by atoms with Gasteiger partial charge in [0.2, 0.25) is 53.5 Å². The van der Waals surface area contributed by atoms with Crippen LogP contribution in [-0.2, 0) is 4.74 Å². The van der Waals surface area contributed by atoms with Crippen LogP contribution in [0.2, 0.25) is 0 Å². The van der Waals surface area contributed by atoms with Gasteiger partial charge in [0.1, 0.15) is 0 Å². The van der Waals surface area contributed by atoms with Crippen molar-refractivity contribution < 1.29 is 9.66 Å². The largest absolute Gasteiger partial charge is 0.378 e. The first kappa shape index (κ1) is 68.5. The Kier molecular flexibility index (Phi) is 24.7. The molecular formula is C72H79N23O3. The quantitative estimate of drug-likeness (QED) is 0.0142. The lowest BCUT2D eigenvalue weighted by atomic mass is 10.1. The van der Waals surface area contributed by atoms with Crippen molar-refractivity contribution in [3.8, 4) is 0 Å². The van der Waals surface area contributed by atoms with Crippen molar-refractivity contribution in [2.24, 2.45) is 15.3 Å². The number of fused-ring (bicyclic) bond motifs is 1. The van der Waals surface area contributed by atoms with Crippen molar-refractivity contribution in [1.29, 1.82) is 0 Å². The van der Waals surface area contributed by atoms with Crippen LogP contribution in [0.5, 0.6) is 0 Å². The number of nitrogens with zero attached hydrogens (tertiary/aromatic N) is 15. The Morgan fingerprint density at radius 3 is 1.58 bits per heavy atom. The van der Waals surface area contributed by atoms with E-state index in [1.807, 2.05) is 160 Å². The van der Waals surface area contributed by atoms with E-state index in [4.69, 9.17) is 4.74 Å². The molecule has 0 amide bonds. The van der Waals surface area contributed by atoms with E-state index in [1.54, 1.807) is 30.8 Å². The molecule has 8 N–H and O–H groups in total. The van der Waals surface area contributed by atoms with E-state index in [9.17, 15) is 10.1 Å². The van der Waals surface area contributed by atoms with Crippen molar-refractivity contribution in [1.82, 2.24) is 49.8 Å². The number of nitro groups is 1. The Bertz CT molecular complexity index is 4410. The van der Waals surface area contributed by atoms with Gasteiger partial charge in [-0.05, 0) is 106 Å². The van der Waals surface area contributed by atoms with Gasteiger partial charge in [-0.3, -0.25) is 10.1 Å². The van der Waals surface area contributed by atoms with E-state index < -0.39 is 4.92 Å². The average molecular weight is 1310 g/mol. The third-order valence-corrected chi connectivity index (χ3v) is 15.0. The summed E-state index contributed by atoms with van der Waals surface area (Å²) in [5, 5.41) is 37.9. The number of rotatable bonds is 26. The zero-order valence-electron chi connectivity index (χ0n) is 55.6. The number of para-hydroxylation sites is 3. The van der Waals surface area contributed by atoms with Gasteiger partial charge < -0.3 is 40.8 Å². The number of anilines is 13. The van der Waals surface area contributed by atoms with Gasteiger partial charge in [0.25, 0.3) is 5.69 Å². The minimum Gasteiger partial charge on any atom is -0.378 e. The molecule has 26 heteroatoms. The first-order valence-electron chi connectivity index (χ1n) is 32.3. The Labute approximate surface area is 568 Å². The number of nitrogens with one attached hydrogen (secondary N) is 8. The summed E-state index contributed by atoms with van der Waals surface area (Å²) in [5.41, 5.74) is 20.7. The second kappa shape index (κ2) is 35.3. The molecule has 0 unspecified atom stereocenters. The highest BCUT2D eigenvalue weighted by atomic mass is 16.6. The van der Waals surface area contributed by atoms with E-state index in [2.05, 4.69) is 151 Å². The number of H-pyrrole nitrogens is 1. The summed E-state index contributed by atoms with van der Waals surface area (Å²) in [7, 11) is 0. The van der Waals surface area contributed by atoms with E-state index >= 15 is 0 Å². The number of benzene rings is 7. The summed E-state index contributed by atoms with van der Waals surface area (Å²) < 4.78 is 5.46. The molecule has 1 fully saturated rings. The molecule has 26 nitrogen and oxygen atoms in total. The standard InChI is InChI=1S/C25H32N8O2.C24H23N7.C23H24N8O/c1-4-6-16-32(17-7-5-2)25-29-23(27-21-12-14-22(15-13-21)33(34)35)28-24(30-25)31-26-18-20-10-8-19(3)9-11-20;1-17-13-14-21(18(2)15-17)27-23-28-22(26-20-11-7-4-8-12-20)29-24(30-23)31-25-16-19-9-5-3-6-10-19;1-16-19(18-9-5-6-10-20(18)25-16)15-24-30-22-27-21(26-17-7-3-2-4-8-17)28-23(29-22)31-11-13-32-14-12-31/h8-15,18H,4-7,16-17H2,1-3H3,(H2,27,28,29,30,31);3-16H,1-2H3,(H3,26,27,28,29,30,31);2-10,15,25H,11-14H2,1H3,(H2,26,27,28,29,30)/b26-18-;25-16-;24-15+. The third kappa shape index (κ3) is 20.8. The van der Waals surface area contributed by atoms with E-state index in [0.717, 1.165) is 108 Å². The lowest BCUT2D eigenvalue weighted by molar-refractivity contribution is -0.384. The minimum absolute atomic E-state index is 0.0185. The molecule has 5 heterocycles. The molecule has 4 aromatic heterocycles. The predicted octanol–water partition coefficient (Wildman–Crippen LogP) is 14.8. The Balaban J connectivity index is 0.000000160. The van der Waals surface area contributed by atoms with Crippen LogP contribution in [0, 0.1) is 37.8 Å². The first-order chi connectivity index (χ1) is 47.9. The van der Waals surface area contributed by atoms with Gasteiger partial charge in [0.05, 0.1) is 36.8 Å². The Morgan fingerprint density at radius 2 is 0.990 bits per heavy atom. The number of nitro benzene ring substituents is 1. The number of hydrogen-bond acceptors (Lipinski definition) is 24. The SMILES string of the molecule is CCCCN(CCCC)c1nc(N/N=C\c2ccc(C)cc2)nc(Nc2ccc([N+](=O)[O-])cc2)n1.Cc1[nH]c2ccccc2c1/C=N/Nc1nc(Nc2ccccc2)nc(N2CCOCC2)n1.Cc1ccc(Nc2nc(N/N=C\c3ccccc3)nc(Nc3ccccc3)n2)c(C)c1. The summed E-state index contributed by atoms with van der Waals surface area (Å²) in [6.45, 7) is 16.9. The zero-order chi connectivity index (χ0) is 68.3. The number of aromatic nitrogens is 10. The number of morpholine rings is 1. The van der Waals surface area contributed by atoms with Crippen molar-refractivity contribution in [3.63, 3.8) is 0 Å². The van der Waals surface area contributed by atoms with Gasteiger partial charge in [-0.1, -0.05) is 159 Å². The fraction of sp³-hybridized carbons (Fsp3) is 0.222. The van der Waals surface area contributed by atoms with Crippen LogP contribution in [-0.4, -0.2) is 113 Å². The highest BCUT2D eigenvalue weighted by Gasteiger charge is 2.19. The Morgan fingerprint density at radius 1 is 0.520 bits per heavy atom. The highest BCUT2D eigenvalue weighted by molar-refractivity contribution is 6.00. The number of aryl methyl sites for hydroxylation is 4. The zero-order valence-corrected chi connectivity index (χ0v) is 55.6. The molecule has 0 spiro atoms. The van der Waals surface area contributed by atoms with Crippen LogP contribution >= 0.6 is 0 Å². The minimum atomic E-state index is -0.432. The molecule has 0 bridgehead atoms. The van der Waals surface area contributed by atoms with Crippen LogP contribution in [0.25, 0.3) is 10.9 Å². The summed E-state index contributed by atoms with van der Waals surface area (Å²) in [4.78, 5) is 59.0. The lowest BCUT2D eigenvalue weighted by Crippen LogP contribution is -2.37. The summed E-state index contributed by atoms with van der Waals surface area (Å²) in [6.07, 6.45) is 9.38. The van der Waals surface area contributed by atoms with Crippen molar-refractivity contribution >= 4 is 112 Å². The number of non-ortho nitro benzene ring substituents is 1. The number of ether oxygens (including phenoxy) is 1. The molecule has 12 rings (SSSR count). The van der Waals surface area contributed by atoms with E-state index in [1.165, 1.54) is 23.3 Å². The maximum absolute atomic E-state index is 11.0. The topological polar surface area (TPSA) is 312 Å². The first-order valence-corrected chi connectivity index (χ1v) is 32.3. The molecule has 7 aromatic carbocycles. The van der Waals surface area contributed by atoms with Crippen LogP contribution in [0.15, 0.2) is 197 Å². The molecular weight excluding hydrogens is 1230 g/mol. The van der Waals surface area contributed by atoms with Crippen LogP contribution in [0.4, 0.5) is 82.0 Å². The maximum atomic E-state index is 11.0. The summed E-state index contributed by atoms with van der Waals surface area (Å²) in [6, 6.07) is 57.8. The van der Waals surface area contributed by atoms with Crippen molar-refractivity contribution in [3.05, 3.63) is 231 Å². The molecule has 11 aromatic rings.